The summed E-state index contributed by atoms with van der Waals surface area (Å²) in [5, 5.41) is 10.6. The second kappa shape index (κ2) is 10.8. The minimum atomic E-state index is 0.492. The van der Waals surface area contributed by atoms with Crippen molar-refractivity contribution in [3.8, 4) is 0 Å². The predicted octanol–water partition coefficient (Wildman–Crippen LogP) is 3.25. The van der Waals surface area contributed by atoms with Gasteiger partial charge >= 0.3 is 0 Å². The van der Waals surface area contributed by atoms with Crippen LogP contribution in [0.5, 0.6) is 0 Å². The molecular formula is C20H37N5S. The molecule has 1 aliphatic heterocycles. The lowest BCUT2D eigenvalue weighted by Gasteiger charge is -2.33. The summed E-state index contributed by atoms with van der Waals surface area (Å²) >= 11 is 1.84. The molecule has 2 heterocycles. The molecule has 1 fully saturated rings. The number of likely N-dealkylation sites (N-methyl/N-ethyl adjacent to an activating group) is 1. The normalized spacial score (nSPS) is 17.8. The molecule has 1 aliphatic rings. The first-order valence-electron chi connectivity index (χ1n) is 9.99. The Hall–Kier alpha value is -1.27. The molecule has 0 bridgehead atoms. The van der Waals surface area contributed by atoms with Gasteiger partial charge in [-0.25, -0.2) is 0 Å². The lowest BCUT2D eigenvalue weighted by atomic mass is 10.0. The molecule has 6 heteroatoms. The van der Waals surface area contributed by atoms with E-state index in [0.717, 1.165) is 45.0 Å². The van der Waals surface area contributed by atoms with Gasteiger partial charge in [-0.15, -0.1) is 11.3 Å². The molecule has 1 atom stereocenters. The fraction of sp³-hybridized carbons (Fsp3) is 0.750. The van der Waals surface area contributed by atoms with Crippen molar-refractivity contribution in [2.75, 3.05) is 45.2 Å². The summed E-state index contributed by atoms with van der Waals surface area (Å²) in [7, 11) is 4.31. The number of nitrogens with zero attached hydrogens (tertiary/aromatic N) is 3. The van der Waals surface area contributed by atoms with Crippen molar-refractivity contribution in [1.82, 2.24) is 15.5 Å². The molecular weight excluding hydrogens is 342 g/mol. The van der Waals surface area contributed by atoms with Gasteiger partial charge in [0.05, 0.1) is 11.5 Å². The zero-order valence-corrected chi connectivity index (χ0v) is 18.0. The number of aliphatic imine (C=N–C) groups is 1. The van der Waals surface area contributed by atoms with Crippen LogP contribution in [0.2, 0.25) is 0 Å². The van der Waals surface area contributed by atoms with Crippen LogP contribution in [-0.2, 0) is 0 Å². The number of rotatable bonds is 8. The number of anilines is 1. The second-order valence-corrected chi connectivity index (χ2v) is 8.75. The molecule has 1 aromatic heterocycles. The van der Waals surface area contributed by atoms with Gasteiger partial charge in [0, 0.05) is 31.7 Å². The van der Waals surface area contributed by atoms with E-state index in [1.807, 2.05) is 11.3 Å². The monoisotopic (exact) mass is 379 g/mol. The highest BCUT2D eigenvalue weighted by atomic mass is 32.1. The van der Waals surface area contributed by atoms with Crippen LogP contribution in [0.1, 0.15) is 40.0 Å². The zero-order valence-electron chi connectivity index (χ0n) is 17.2. The van der Waals surface area contributed by atoms with Crippen LogP contribution in [-0.4, -0.2) is 63.2 Å². The van der Waals surface area contributed by atoms with E-state index in [4.69, 9.17) is 4.99 Å². The van der Waals surface area contributed by atoms with Gasteiger partial charge in [-0.1, -0.05) is 13.8 Å². The second-order valence-electron chi connectivity index (χ2n) is 7.82. The predicted molar refractivity (Wildman–Crippen MR) is 116 cm³/mol. The van der Waals surface area contributed by atoms with Crippen molar-refractivity contribution in [3.63, 3.8) is 0 Å². The molecule has 0 aliphatic carbocycles. The topological polar surface area (TPSA) is 42.9 Å². The Labute approximate surface area is 163 Å². The average molecular weight is 380 g/mol. The van der Waals surface area contributed by atoms with Gasteiger partial charge in [0.1, 0.15) is 0 Å². The summed E-state index contributed by atoms with van der Waals surface area (Å²) in [6, 6.07) is 5.36. The van der Waals surface area contributed by atoms with E-state index in [-0.39, 0.29) is 0 Å². The van der Waals surface area contributed by atoms with Crippen molar-refractivity contribution in [2.45, 2.75) is 52.1 Å². The minimum absolute atomic E-state index is 0.492. The van der Waals surface area contributed by atoms with Gasteiger partial charge in [-0.3, -0.25) is 4.99 Å². The van der Waals surface area contributed by atoms with E-state index in [0.29, 0.717) is 18.0 Å². The Morgan fingerprint density at radius 2 is 2.08 bits per heavy atom. The number of hydrogen-bond donors (Lipinski definition) is 2. The van der Waals surface area contributed by atoms with Crippen molar-refractivity contribution in [1.29, 1.82) is 0 Å². The highest BCUT2D eigenvalue weighted by Crippen LogP contribution is 2.24. The number of thiophene rings is 1. The van der Waals surface area contributed by atoms with Gasteiger partial charge in [0.2, 0.25) is 0 Å². The summed E-state index contributed by atoms with van der Waals surface area (Å²) < 4.78 is 0. The van der Waals surface area contributed by atoms with E-state index in [1.165, 1.54) is 11.4 Å². The van der Waals surface area contributed by atoms with Crippen LogP contribution in [0.15, 0.2) is 22.5 Å². The molecule has 0 aromatic carbocycles. The first kappa shape index (κ1) is 21.0. The summed E-state index contributed by atoms with van der Waals surface area (Å²) in [5.74, 6) is 1.66. The van der Waals surface area contributed by atoms with Crippen LogP contribution in [0.25, 0.3) is 0 Å². The van der Waals surface area contributed by atoms with Crippen LogP contribution < -0.4 is 15.5 Å². The Balaban J connectivity index is 1.87. The number of guanidine groups is 1. The van der Waals surface area contributed by atoms with E-state index >= 15 is 0 Å². The quantitative estimate of drug-likeness (QED) is 0.537. The molecule has 1 saturated heterocycles. The molecule has 26 heavy (non-hydrogen) atoms. The minimum Gasteiger partial charge on any atom is -0.363 e. The third-order valence-electron chi connectivity index (χ3n) is 4.93. The van der Waals surface area contributed by atoms with Crippen LogP contribution >= 0.6 is 11.3 Å². The van der Waals surface area contributed by atoms with Gasteiger partial charge in [0.15, 0.2) is 5.96 Å². The molecule has 0 spiro atoms. The largest absolute Gasteiger partial charge is 0.363 e. The van der Waals surface area contributed by atoms with E-state index in [1.54, 1.807) is 0 Å². The summed E-state index contributed by atoms with van der Waals surface area (Å²) in [6.45, 7) is 10.7. The molecule has 2 rings (SSSR count). The van der Waals surface area contributed by atoms with Gasteiger partial charge in [0.25, 0.3) is 0 Å². The van der Waals surface area contributed by atoms with Crippen molar-refractivity contribution in [2.24, 2.45) is 10.9 Å². The Morgan fingerprint density at radius 3 is 2.62 bits per heavy atom. The number of nitrogens with one attached hydrogen (secondary N) is 2. The maximum absolute atomic E-state index is 4.89. The molecule has 0 amide bonds. The van der Waals surface area contributed by atoms with Crippen LogP contribution in [0.4, 0.5) is 5.00 Å². The molecule has 2 N–H and O–H groups in total. The molecule has 1 unspecified atom stereocenters. The van der Waals surface area contributed by atoms with Gasteiger partial charge < -0.3 is 20.4 Å². The molecule has 1 aromatic rings. The van der Waals surface area contributed by atoms with Crippen LogP contribution in [0, 0.1) is 5.92 Å². The Morgan fingerprint density at radius 1 is 1.35 bits per heavy atom. The molecule has 148 valence electrons. The van der Waals surface area contributed by atoms with Crippen LogP contribution in [0.3, 0.4) is 0 Å². The fourth-order valence-corrected chi connectivity index (χ4v) is 4.18. The average Bonchev–Trinajstić information content (AvgIpc) is 3.13. The van der Waals surface area contributed by atoms with Gasteiger partial charge in [-0.05, 0) is 63.7 Å². The summed E-state index contributed by atoms with van der Waals surface area (Å²) in [6.07, 6.45) is 3.49. The third-order valence-corrected chi connectivity index (χ3v) is 5.86. The van der Waals surface area contributed by atoms with Crippen molar-refractivity contribution < 1.29 is 0 Å². The summed E-state index contributed by atoms with van der Waals surface area (Å²) in [4.78, 5) is 9.69. The lowest BCUT2D eigenvalue weighted by Crippen LogP contribution is -2.49. The van der Waals surface area contributed by atoms with E-state index < -0.39 is 0 Å². The first-order valence-corrected chi connectivity index (χ1v) is 10.9. The van der Waals surface area contributed by atoms with Gasteiger partial charge in [-0.2, -0.15) is 0 Å². The first-order chi connectivity index (χ1) is 12.5. The standard InChI is InChI=1S/C20H37N5S/c1-6-21-20(22-15-18(24(4)5)14-16(2)3)23-17-9-11-25(12-10-17)19-8-7-13-26-19/h7-8,13,16-18H,6,9-12,14-15H2,1-5H3,(H2,21,22,23). The molecule has 5 nitrogen and oxygen atoms in total. The SMILES string of the molecule is CCNC(=NCC(CC(C)C)N(C)C)NC1CCN(c2cccs2)CC1. The zero-order chi connectivity index (χ0) is 18.9. The summed E-state index contributed by atoms with van der Waals surface area (Å²) in [5.41, 5.74) is 0. The smallest absolute Gasteiger partial charge is 0.191 e. The maximum Gasteiger partial charge on any atom is 0.191 e. The third kappa shape index (κ3) is 6.80. The Bertz CT molecular complexity index is 518. The molecule has 0 saturated carbocycles. The van der Waals surface area contributed by atoms with E-state index in [2.05, 4.69) is 72.8 Å². The lowest BCUT2D eigenvalue weighted by molar-refractivity contribution is 0.261. The number of piperidine rings is 1. The van der Waals surface area contributed by atoms with Crippen molar-refractivity contribution in [3.05, 3.63) is 17.5 Å². The maximum atomic E-state index is 4.89. The highest BCUT2D eigenvalue weighted by molar-refractivity contribution is 7.14. The molecule has 0 radical (unpaired) electrons. The highest BCUT2D eigenvalue weighted by Gasteiger charge is 2.21. The van der Waals surface area contributed by atoms with Crippen molar-refractivity contribution >= 4 is 22.3 Å². The fourth-order valence-electron chi connectivity index (χ4n) is 3.40. The Kier molecular flexibility index (Phi) is 8.72. The number of hydrogen-bond acceptors (Lipinski definition) is 4. The van der Waals surface area contributed by atoms with E-state index in [9.17, 15) is 0 Å².